The van der Waals surface area contributed by atoms with E-state index in [1.807, 2.05) is 18.2 Å². The highest BCUT2D eigenvalue weighted by molar-refractivity contribution is 6.08. The number of aromatic nitrogens is 1. The summed E-state index contributed by atoms with van der Waals surface area (Å²) >= 11 is 0. The van der Waals surface area contributed by atoms with Crippen LogP contribution in [0, 0.1) is 0 Å². The fourth-order valence-electron chi connectivity index (χ4n) is 4.44. The van der Waals surface area contributed by atoms with Crippen molar-refractivity contribution in [1.82, 2.24) is 20.3 Å². The Hall–Kier alpha value is -3.14. The number of carbonyl (C=O) groups is 3. The Labute approximate surface area is 159 Å². The molecular weight excluding hydrogens is 366 g/mol. The van der Waals surface area contributed by atoms with Gasteiger partial charge in [0, 0.05) is 44.7 Å². The van der Waals surface area contributed by atoms with Gasteiger partial charge in [-0.1, -0.05) is 11.2 Å². The Morgan fingerprint density at radius 1 is 1.29 bits per heavy atom. The van der Waals surface area contributed by atoms with Gasteiger partial charge in [0.15, 0.2) is 11.4 Å². The molecule has 2 aromatic rings. The number of urea groups is 1. The van der Waals surface area contributed by atoms with Crippen molar-refractivity contribution in [2.75, 3.05) is 24.5 Å². The molecule has 1 aromatic carbocycles. The van der Waals surface area contributed by atoms with E-state index in [0.29, 0.717) is 24.5 Å². The van der Waals surface area contributed by atoms with Crippen molar-refractivity contribution in [1.29, 1.82) is 0 Å². The van der Waals surface area contributed by atoms with E-state index in [0.717, 1.165) is 23.9 Å². The number of likely N-dealkylation sites (tertiary alicyclic amines) is 2. The molecule has 28 heavy (non-hydrogen) atoms. The first-order valence-corrected chi connectivity index (χ1v) is 9.23. The van der Waals surface area contributed by atoms with Gasteiger partial charge >= 0.3 is 12.1 Å². The van der Waals surface area contributed by atoms with Crippen LogP contribution in [0.2, 0.25) is 0 Å². The first kappa shape index (κ1) is 17.0. The molecule has 1 aromatic heterocycles. The highest BCUT2D eigenvalue weighted by Gasteiger charge is 2.45. The standard InChI is InChI=1S/C18H19N5O5/c24-15-3-4-22(17(25)19-15)16-13-5-10(1-2-14(13)28-20-16)7-21-8-12-6-11(21)9-23(12)18(26)27/h1-2,5,11-12H,3-4,6-9H2,(H,26,27)(H,19,24,25)/t11-,12-/m1/s1. The number of fused-ring (bicyclic) bond motifs is 3. The Morgan fingerprint density at radius 3 is 2.86 bits per heavy atom. The van der Waals surface area contributed by atoms with Crippen LogP contribution >= 0.6 is 0 Å². The average Bonchev–Trinajstić information content (AvgIpc) is 3.35. The van der Waals surface area contributed by atoms with E-state index in [1.165, 1.54) is 9.80 Å². The third-order valence-corrected chi connectivity index (χ3v) is 5.81. The van der Waals surface area contributed by atoms with Crippen molar-refractivity contribution in [3.05, 3.63) is 23.8 Å². The van der Waals surface area contributed by atoms with Crippen LogP contribution in [0.25, 0.3) is 11.0 Å². The van der Waals surface area contributed by atoms with E-state index in [9.17, 15) is 19.5 Å². The van der Waals surface area contributed by atoms with Gasteiger partial charge in [-0.25, -0.2) is 9.59 Å². The highest BCUT2D eigenvalue weighted by Crippen LogP contribution is 2.33. The third kappa shape index (κ3) is 2.68. The zero-order valence-corrected chi connectivity index (χ0v) is 15.0. The summed E-state index contributed by atoms with van der Waals surface area (Å²) in [4.78, 5) is 40.0. The first-order chi connectivity index (χ1) is 13.5. The average molecular weight is 385 g/mol. The second-order valence-corrected chi connectivity index (χ2v) is 7.50. The molecule has 2 atom stereocenters. The lowest BCUT2D eigenvalue weighted by Crippen LogP contribution is -2.49. The lowest BCUT2D eigenvalue weighted by Gasteiger charge is -2.32. The van der Waals surface area contributed by atoms with Gasteiger partial charge in [0.1, 0.15) is 0 Å². The summed E-state index contributed by atoms with van der Waals surface area (Å²) in [6, 6.07) is 5.53. The van der Waals surface area contributed by atoms with E-state index in [1.54, 1.807) is 0 Å². The van der Waals surface area contributed by atoms with Crippen LogP contribution in [0.1, 0.15) is 18.4 Å². The number of hydrogen-bond donors (Lipinski definition) is 2. The van der Waals surface area contributed by atoms with E-state index < -0.39 is 12.1 Å². The summed E-state index contributed by atoms with van der Waals surface area (Å²) < 4.78 is 5.35. The van der Waals surface area contributed by atoms with Crippen molar-refractivity contribution in [3.63, 3.8) is 0 Å². The van der Waals surface area contributed by atoms with Crippen LogP contribution in [0.5, 0.6) is 0 Å². The summed E-state index contributed by atoms with van der Waals surface area (Å²) in [5, 5.41) is 16.3. The van der Waals surface area contributed by atoms with Gasteiger partial charge in [-0.05, 0) is 24.1 Å². The number of nitrogens with one attached hydrogen (secondary N) is 1. The molecule has 146 valence electrons. The number of nitrogens with zero attached hydrogens (tertiary/aromatic N) is 4. The van der Waals surface area contributed by atoms with Crippen LogP contribution in [0.3, 0.4) is 0 Å². The zero-order chi connectivity index (χ0) is 19.4. The van der Waals surface area contributed by atoms with Crippen LogP contribution in [-0.4, -0.2) is 69.8 Å². The second kappa shape index (κ2) is 6.20. The minimum Gasteiger partial charge on any atom is -0.465 e. The molecule has 3 aliphatic heterocycles. The van der Waals surface area contributed by atoms with Gasteiger partial charge in [-0.2, -0.15) is 0 Å². The van der Waals surface area contributed by atoms with Crippen molar-refractivity contribution >= 4 is 34.8 Å². The van der Waals surface area contributed by atoms with E-state index >= 15 is 0 Å². The Balaban J connectivity index is 1.37. The number of carboxylic acid groups (broad SMARTS) is 1. The quantitative estimate of drug-likeness (QED) is 0.815. The second-order valence-electron chi connectivity index (χ2n) is 7.50. The molecule has 3 saturated heterocycles. The summed E-state index contributed by atoms with van der Waals surface area (Å²) in [5.74, 6) is 0.107. The number of amides is 4. The summed E-state index contributed by atoms with van der Waals surface area (Å²) in [6.07, 6.45) is 0.243. The molecule has 5 rings (SSSR count). The SMILES string of the molecule is O=C1CCN(c2noc3ccc(CN4C[C@H]5C[C@@H]4CN5C(=O)O)cc23)C(=O)N1. The van der Waals surface area contributed by atoms with Crippen molar-refractivity contribution < 1.29 is 24.0 Å². The normalized spacial score (nSPS) is 25.0. The van der Waals surface area contributed by atoms with Crippen molar-refractivity contribution in [2.45, 2.75) is 31.5 Å². The van der Waals surface area contributed by atoms with Gasteiger partial charge in [0.25, 0.3) is 0 Å². The maximum Gasteiger partial charge on any atom is 0.407 e. The minimum atomic E-state index is -0.846. The molecule has 10 nitrogen and oxygen atoms in total. The van der Waals surface area contributed by atoms with E-state index in [2.05, 4.69) is 15.4 Å². The van der Waals surface area contributed by atoms with Crippen LogP contribution in [-0.2, 0) is 11.3 Å². The number of imide groups is 1. The van der Waals surface area contributed by atoms with Gasteiger partial charge in [-0.3, -0.25) is 19.9 Å². The predicted octanol–water partition coefficient (Wildman–Crippen LogP) is 1.21. The largest absolute Gasteiger partial charge is 0.465 e. The van der Waals surface area contributed by atoms with E-state index in [-0.39, 0.29) is 31.0 Å². The van der Waals surface area contributed by atoms with Crippen molar-refractivity contribution in [3.8, 4) is 0 Å². The number of benzene rings is 1. The third-order valence-electron chi connectivity index (χ3n) is 5.81. The lowest BCUT2D eigenvalue weighted by molar-refractivity contribution is -0.120. The number of carbonyl (C=O) groups excluding carboxylic acids is 2. The molecule has 3 aliphatic rings. The van der Waals surface area contributed by atoms with E-state index in [4.69, 9.17) is 4.52 Å². The first-order valence-electron chi connectivity index (χ1n) is 9.23. The van der Waals surface area contributed by atoms with Gasteiger partial charge in [-0.15, -0.1) is 0 Å². The molecule has 2 bridgehead atoms. The maximum atomic E-state index is 12.1. The number of anilines is 1. The lowest BCUT2D eigenvalue weighted by atomic mass is 10.1. The maximum absolute atomic E-state index is 12.1. The molecule has 0 radical (unpaired) electrons. The predicted molar refractivity (Wildman–Crippen MR) is 96.8 cm³/mol. The Morgan fingerprint density at radius 2 is 2.14 bits per heavy atom. The topological polar surface area (TPSA) is 119 Å². The summed E-state index contributed by atoms with van der Waals surface area (Å²) in [5.41, 5.74) is 1.61. The molecule has 4 amide bonds. The Bertz CT molecular complexity index is 988. The fourth-order valence-corrected chi connectivity index (χ4v) is 4.44. The number of piperazine rings is 1. The van der Waals surface area contributed by atoms with Crippen molar-refractivity contribution in [2.24, 2.45) is 0 Å². The van der Waals surface area contributed by atoms with Crippen LogP contribution in [0.15, 0.2) is 22.7 Å². The zero-order valence-electron chi connectivity index (χ0n) is 15.0. The van der Waals surface area contributed by atoms with Crippen LogP contribution in [0.4, 0.5) is 15.4 Å². The number of hydrogen-bond acceptors (Lipinski definition) is 6. The fraction of sp³-hybridized carbons (Fsp3) is 0.444. The molecular formula is C18H19N5O5. The monoisotopic (exact) mass is 385 g/mol. The van der Waals surface area contributed by atoms with Gasteiger partial charge in [0.05, 0.1) is 5.39 Å². The van der Waals surface area contributed by atoms with Crippen LogP contribution < -0.4 is 10.2 Å². The molecule has 0 unspecified atom stereocenters. The molecule has 0 saturated carbocycles. The van der Waals surface area contributed by atoms with Gasteiger partial charge in [0.2, 0.25) is 5.91 Å². The molecule has 4 heterocycles. The summed E-state index contributed by atoms with van der Waals surface area (Å²) in [6.45, 7) is 2.22. The molecule has 0 spiro atoms. The summed E-state index contributed by atoms with van der Waals surface area (Å²) in [7, 11) is 0. The molecule has 3 fully saturated rings. The highest BCUT2D eigenvalue weighted by atomic mass is 16.5. The Kier molecular flexibility index (Phi) is 3.76. The molecule has 2 N–H and O–H groups in total. The molecule has 10 heteroatoms. The van der Waals surface area contributed by atoms with Gasteiger partial charge < -0.3 is 14.5 Å². The smallest absolute Gasteiger partial charge is 0.407 e. The number of rotatable bonds is 3. The minimum absolute atomic E-state index is 0.0620. The molecule has 0 aliphatic carbocycles.